The molecule has 174 valence electrons. The molecule has 1 unspecified atom stereocenters. The standard InChI is InChI=1S/C11H12N6O.C5H9NO.C5H10O2/c1-18-7-8-6-17-10(14-8)3-4-12-11(17)15-9-2-5-13-16-9;1-5(2-3-5)6-4-7;1-6-5-2-3-7-4-5/h2-6H,7H2,1H3,(H2,12,13,15,16);4H,2-3H2,1H3,(H,6,7);5H,2-4H2,1H3. The molecule has 1 atom stereocenters. The van der Waals surface area contributed by atoms with E-state index in [0.717, 1.165) is 56.0 Å². The second-order valence-electron chi connectivity index (χ2n) is 7.80. The zero-order chi connectivity index (χ0) is 22.8. The summed E-state index contributed by atoms with van der Waals surface area (Å²) in [6.45, 7) is 4.18. The van der Waals surface area contributed by atoms with E-state index in [2.05, 4.69) is 30.8 Å². The molecule has 2 aliphatic rings. The van der Waals surface area contributed by atoms with E-state index in [1.54, 1.807) is 26.6 Å². The zero-order valence-corrected chi connectivity index (χ0v) is 18.7. The summed E-state index contributed by atoms with van der Waals surface area (Å²) in [6, 6.07) is 3.67. The summed E-state index contributed by atoms with van der Waals surface area (Å²) < 4.78 is 16.9. The van der Waals surface area contributed by atoms with Gasteiger partial charge in [0.1, 0.15) is 11.5 Å². The Morgan fingerprint density at radius 3 is 2.72 bits per heavy atom. The average Bonchev–Trinajstić information content (AvgIpc) is 3.28. The van der Waals surface area contributed by atoms with Gasteiger partial charge in [-0.15, -0.1) is 0 Å². The number of aromatic nitrogens is 5. The van der Waals surface area contributed by atoms with Gasteiger partial charge < -0.3 is 24.8 Å². The Balaban J connectivity index is 0.000000169. The number of anilines is 2. The van der Waals surface area contributed by atoms with Gasteiger partial charge in [-0.3, -0.25) is 14.3 Å². The first kappa shape index (κ1) is 23.6. The van der Waals surface area contributed by atoms with Crippen molar-refractivity contribution >= 4 is 23.8 Å². The minimum Gasteiger partial charge on any atom is -0.379 e. The van der Waals surface area contributed by atoms with Gasteiger partial charge in [0.05, 0.1) is 31.2 Å². The summed E-state index contributed by atoms with van der Waals surface area (Å²) in [5.74, 6) is 1.45. The smallest absolute Gasteiger partial charge is 0.214 e. The molecule has 0 radical (unpaired) electrons. The van der Waals surface area contributed by atoms with Crippen molar-refractivity contribution in [3.63, 3.8) is 0 Å². The van der Waals surface area contributed by atoms with Gasteiger partial charge in [0, 0.05) is 44.8 Å². The number of H-pyrrole nitrogens is 1. The lowest BCUT2D eigenvalue weighted by molar-refractivity contribution is -0.110. The molecule has 3 aromatic rings. The fourth-order valence-corrected chi connectivity index (χ4v) is 2.90. The summed E-state index contributed by atoms with van der Waals surface area (Å²) in [5.41, 5.74) is 1.86. The summed E-state index contributed by atoms with van der Waals surface area (Å²) in [4.78, 5) is 18.5. The first-order valence-electron chi connectivity index (χ1n) is 10.5. The fraction of sp³-hybridized carbons (Fsp3) is 0.524. The third kappa shape index (κ3) is 7.01. The Kier molecular flexibility index (Phi) is 8.54. The molecular weight excluding hydrogens is 414 g/mol. The Hall–Kier alpha value is -3.02. The predicted molar refractivity (Wildman–Crippen MR) is 119 cm³/mol. The second-order valence-corrected chi connectivity index (χ2v) is 7.80. The molecule has 32 heavy (non-hydrogen) atoms. The van der Waals surface area contributed by atoms with Crippen LogP contribution >= 0.6 is 0 Å². The molecule has 3 aromatic heterocycles. The van der Waals surface area contributed by atoms with Crippen molar-refractivity contribution in [3.8, 4) is 0 Å². The fourth-order valence-electron chi connectivity index (χ4n) is 2.90. The van der Waals surface area contributed by atoms with Crippen molar-refractivity contribution in [1.29, 1.82) is 0 Å². The number of nitrogens with zero attached hydrogens (tertiary/aromatic N) is 4. The van der Waals surface area contributed by atoms with Crippen molar-refractivity contribution in [2.45, 2.75) is 44.4 Å². The number of methoxy groups -OCH3 is 2. The SMILES string of the molecule is CC1(NC=O)CC1.COC1CCOC1.COCc1cn2c(Nc3ccn[nH]3)nccc2n1. The van der Waals surface area contributed by atoms with E-state index in [1.807, 2.05) is 29.7 Å². The lowest BCUT2D eigenvalue weighted by atomic mass is 10.3. The molecule has 1 saturated heterocycles. The number of hydrogen-bond acceptors (Lipinski definition) is 8. The molecule has 0 aromatic carbocycles. The Morgan fingerprint density at radius 1 is 1.34 bits per heavy atom. The van der Waals surface area contributed by atoms with Crippen LogP contribution in [0.3, 0.4) is 0 Å². The van der Waals surface area contributed by atoms with Crippen LogP contribution < -0.4 is 10.6 Å². The predicted octanol–water partition coefficient (Wildman–Crippen LogP) is 2.05. The van der Waals surface area contributed by atoms with Crippen molar-refractivity contribution in [2.24, 2.45) is 0 Å². The number of carbonyl (C=O) groups excluding carboxylic acids is 1. The molecule has 1 aliphatic heterocycles. The Morgan fingerprint density at radius 2 is 2.19 bits per heavy atom. The van der Waals surface area contributed by atoms with Gasteiger partial charge in [-0.1, -0.05) is 0 Å². The number of fused-ring (bicyclic) bond motifs is 1. The molecule has 0 bridgehead atoms. The van der Waals surface area contributed by atoms with E-state index in [9.17, 15) is 4.79 Å². The molecule has 1 saturated carbocycles. The van der Waals surface area contributed by atoms with Crippen LogP contribution in [0, 0.1) is 0 Å². The van der Waals surface area contributed by atoms with Gasteiger partial charge in [0.2, 0.25) is 12.4 Å². The molecule has 11 nitrogen and oxygen atoms in total. The maximum atomic E-state index is 9.75. The maximum Gasteiger partial charge on any atom is 0.214 e. The minimum atomic E-state index is 0.182. The highest BCUT2D eigenvalue weighted by Gasteiger charge is 2.36. The monoisotopic (exact) mass is 445 g/mol. The van der Waals surface area contributed by atoms with Crippen LogP contribution in [0.5, 0.6) is 0 Å². The van der Waals surface area contributed by atoms with E-state index in [4.69, 9.17) is 14.2 Å². The van der Waals surface area contributed by atoms with E-state index in [-0.39, 0.29) is 5.54 Å². The first-order valence-corrected chi connectivity index (χ1v) is 10.5. The van der Waals surface area contributed by atoms with Gasteiger partial charge in [-0.25, -0.2) is 9.97 Å². The highest BCUT2D eigenvalue weighted by atomic mass is 16.5. The first-order chi connectivity index (χ1) is 15.6. The number of carbonyl (C=O) groups is 1. The number of ether oxygens (including phenoxy) is 3. The zero-order valence-electron chi connectivity index (χ0n) is 18.7. The van der Waals surface area contributed by atoms with E-state index >= 15 is 0 Å². The Bertz CT molecular complexity index is 950. The summed E-state index contributed by atoms with van der Waals surface area (Å²) in [5, 5.41) is 12.5. The minimum absolute atomic E-state index is 0.182. The molecule has 11 heteroatoms. The van der Waals surface area contributed by atoms with Gasteiger partial charge >= 0.3 is 0 Å². The summed E-state index contributed by atoms with van der Waals surface area (Å²) in [7, 11) is 3.37. The molecule has 1 aliphatic carbocycles. The number of amides is 1. The summed E-state index contributed by atoms with van der Waals surface area (Å²) >= 11 is 0. The topological polar surface area (TPSA) is 128 Å². The maximum absolute atomic E-state index is 9.75. The normalized spacial score (nSPS) is 18.2. The molecule has 2 fully saturated rings. The lowest BCUT2D eigenvalue weighted by Gasteiger charge is -2.04. The van der Waals surface area contributed by atoms with Crippen LogP contribution in [-0.2, 0) is 25.6 Å². The molecule has 3 N–H and O–H groups in total. The van der Waals surface area contributed by atoms with E-state index < -0.39 is 0 Å². The molecule has 4 heterocycles. The van der Waals surface area contributed by atoms with Crippen LogP contribution in [0.1, 0.15) is 31.9 Å². The number of rotatable bonds is 7. The highest BCUT2D eigenvalue weighted by molar-refractivity contribution is 5.53. The summed E-state index contributed by atoms with van der Waals surface area (Å²) in [6.07, 6.45) is 9.77. The number of hydrogen-bond donors (Lipinski definition) is 3. The van der Waals surface area contributed by atoms with Gasteiger partial charge in [0.15, 0.2) is 0 Å². The largest absolute Gasteiger partial charge is 0.379 e. The molecule has 5 rings (SSSR count). The molecule has 0 spiro atoms. The number of nitrogens with one attached hydrogen (secondary N) is 3. The quantitative estimate of drug-likeness (QED) is 0.472. The molecule has 1 amide bonds. The lowest BCUT2D eigenvalue weighted by Crippen LogP contribution is -2.25. The van der Waals surface area contributed by atoms with Crippen molar-refractivity contribution in [3.05, 3.63) is 36.4 Å². The van der Waals surface area contributed by atoms with Gasteiger partial charge in [0.25, 0.3) is 0 Å². The third-order valence-electron chi connectivity index (χ3n) is 5.10. The van der Waals surface area contributed by atoms with Gasteiger partial charge in [-0.05, 0) is 32.3 Å². The van der Waals surface area contributed by atoms with Crippen LogP contribution in [0.4, 0.5) is 11.8 Å². The van der Waals surface area contributed by atoms with Crippen molar-refractivity contribution < 1.29 is 19.0 Å². The van der Waals surface area contributed by atoms with E-state index in [0.29, 0.717) is 18.7 Å². The Labute approximate surface area is 186 Å². The van der Waals surface area contributed by atoms with Crippen molar-refractivity contribution in [1.82, 2.24) is 29.9 Å². The van der Waals surface area contributed by atoms with Crippen LogP contribution in [0.2, 0.25) is 0 Å². The third-order valence-corrected chi connectivity index (χ3v) is 5.10. The number of aromatic amines is 1. The molecular formula is C21H31N7O4. The van der Waals surface area contributed by atoms with Crippen molar-refractivity contribution in [2.75, 3.05) is 32.8 Å². The van der Waals surface area contributed by atoms with Crippen LogP contribution in [0.25, 0.3) is 5.65 Å². The van der Waals surface area contributed by atoms with Gasteiger partial charge in [-0.2, -0.15) is 5.10 Å². The van der Waals surface area contributed by atoms with Crippen LogP contribution in [-0.4, -0.2) is 70.1 Å². The average molecular weight is 446 g/mol. The second kappa shape index (κ2) is 11.6. The number of imidazole rings is 1. The van der Waals surface area contributed by atoms with Crippen LogP contribution in [0.15, 0.2) is 30.7 Å². The van der Waals surface area contributed by atoms with E-state index in [1.165, 1.54) is 0 Å². The highest BCUT2D eigenvalue weighted by Crippen LogP contribution is 2.33.